The van der Waals surface area contributed by atoms with Crippen LogP contribution in [0.15, 0.2) is 0 Å². The van der Waals surface area contributed by atoms with E-state index in [1.807, 2.05) is 4.90 Å². The van der Waals surface area contributed by atoms with Gasteiger partial charge in [-0.2, -0.15) is 0 Å². The Balaban J connectivity index is 1.96. The summed E-state index contributed by atoms with van der Waals surface area (Å²) in [5.74, 6) is -2.32. The number of carbonyl (C=O) groups is 1. The second-order valence-corrected chi connectivity index (χ2v) is 5.73. The number of nitrogens with two attached hydrogens (primary N) is 1. The molecule has 1 heterocycles. The number of hydrogen-bond donors (Lipinski definition) is 1. The molecule has 1 amide bonds. The molecule has 2 N–H and O–H groups in total. The van der Waals surface area contributed by atoms with Crippen molar-refractivity contribution in [3.05, 3.63) is 0 Å². The lowest BCUT2D eigenvalue weighted by Gasteiger charge is -2.33. The van der Waals surface area contributed by atoms with E-state index in [0.717, 1.165) is 13.0 Å². The molecule has 0 radical (unpaired) electrons. The molecule has 1 aliphatic heterocycles. The SMILES string of the molecule is CC1CCN(C(=O)C2CCC(F)(F)CC2)C1CN. The van der Waals surface area contributed by atoms with Gasteiger partial charge in [-0.25, -0.2) is 8.78 Å². The van der Waals surface area contributed by atoms with Gasteiger partial charge in [-0.15, -0.1) is 0 Å². The summed E-state index contributed by atoms with van der Waals surface area (Å²) in [5.41, 5.74) is 5.71. The molecule has 2 unspecified atom stereocenters. The minimum absolute atomic E-state index is 0.0466. The van der Waals surface area contributed by atoms with Gasteiger partial charge >= 0.3 is 0 Å². The maximum absolute atomic E-state index is 13.1. The highest BCUT2D eigenvalue weighted by Gasteiger charge is 2.41. The topological polar surface area (TPSA) is 46.3 Å². The van der Waals surface area contributed by atoms with Gasteiger partial charge in [0.1, 0.15) is 0 Å². The molecule has 0 bridgehead atoms. The molecule has 1 saturated heterocycles. The summed E-state index contributed by atoms with van der Waals surface area (Å²) < 4.78 is 26.2. The van der Waals surface area contributed by atoms with Crippen LogP contribution in [0.1, 0.15) is 39.0 Å². The van der Waals surface area contributed by atoms with E-state index in [-0.39, 0.29) is 30.7 Å². The first kappa shape index (κ1) is 13.7. The Kier molecular flexibility index (Phi) is 3.90. The lowest BCUT2D eigenvalue weighted by molar-refractivity contribution is -0.140. The first-order chi connectivity index (χ1) is 8.44. The first-order valence-electron chi connectivity index (χ1n) is 6.83. The summed E-state index contributed by atoms with van der Waals surface area (Å²) in [6, 6.07) is 0.0972. The van der Waals surface area contributed by atoms with E-state index in [0.29, 0.717) is 25.3 Å². The van der Waals surface area contributed by atoms with Gasteiger partial charge in [-0.05, 0) is 25.2 Å². The zero-order valence-corrected chi connectivity index (χ0v) is 10.9. The maximum Gasteiger partial charge on any atom is 0.248 e. The van der Waals surface area contributed by atoms with E-state index in [1.165, 1.54) is 0 Å². The summed E-state index contributed by atoms with van der Waals surface area (Å²) in [7, 11) is 0. The van der Waals surface area contributed by atoms with Gasteiger partial charge in [0.2, 0.25) is 11.8 Å². The summed E-state index contributed by atoms with van der Waals surface area (Å²) in [5, 5.41) is 0. The second kappa shape index (κ2) is 5.11. The molecule has 0 aromatic carbocycles. The fourth-order valence-corrected chi connectivity index (χ4v) is 3.16. The van der Waals surface area contributed by atoms with Crippen molar-refractivity contribution in [3.63, 3.8) is 0 Å². The molecule has 2 rings (SSSR count). The third-order valence-corrected chi connectivity index (χ3v) is 4.47. The molecule has 1 aliphatic carbocycles. The molecule has 18 heavy (non-hydrogen) atoms. The van der Waals surface area contributed by atoms with Gasteiger partial charge in [0.05, 0.1) is 0 Å². The number of nitrogens with zero attached hydrogens (tertiary/aromatic N) is 1. The molecule has 0 aromatic heterocycles. The fraction of sp³-hybridized carbons (Fsp3) is 0.923. The summed E-state index contributed by atoms with van der Waals surface area (Å²) >= 11 is 0. The van der Waals surface area contributed by atoms with E-state index < -0.39 is 5.92 Å². The highest BCUT2D eigenvalue weighted by molar-refractivity contribution is 5.79. The van der Waals surface area contributed by atoms with Crippen molar-refractivity contribution in [2.45, 2.75) is 51.0 Å². The minimum Gasteiger partial charge on any atom is -0.338 e. The van der Waals surface area contributed by atoms with Crippen LogP contribution in [0, 0.1) is 11.8 Å². The van der Waals surface area contributed by atoms with Gasteiger partial charge in [0.25, 0.3) is 0 Å². The fourth-order valence-electron chi connectivity index (χ4n) is 3.16. The minimum atomic E-state index is -2.57. The predicted octanol–water partition coefficient (Wildman–Crippen LogP) is 2.01. The Morgan fingerprint density at radius 2 is 1.94 bits per heavy atom. The quantitative estimate of drug-likeness (QED) is 0.825. The van der Waals surface area contributed by atoms with Crippen LogP contribution in [0.3, 0.4) is 0 Å². The van der Waals surface area contributed by atoms with Crippen molar-refractivity contribution in [2.24, 2.45) is 17.6 Å². The molecule has 2 fully saturated rings. The van der Waals surface area contributed by atoms with Gasteiger partial charge in [-0.3, -0.25) is 4.79 Å². The molecule has 0 spiro atoms. The largest absolute Gasteiger partial charge is 0.338 e. The van der Waals surface area contributed by atoms with Crippen LogP contribution in [0.5, 0.6) is 0 Å². The molecule has 1 saturated carbocycles. The third-order valence-electron chi connectivity index (χ3n) is 4.47. The van der Waals surface area contributed by atoms with E-state index in [9.17, 15) is 13.6 Å². The molecule has 2 aliphatic rings. The number of rotatable bonds is 2. The Morgan fingerprint density at radius 1 is 1.33 bits per heavy atom. The molecule has 5 heteroatoms. The zero-order chi connectivity index (χ0) is 13.3. The highest BCUT2D eigenvalue weighted by atomic mass is 19.3. The van der Waals surface area contributed by atoms with Crippen LogP contribution >= 0.6 is 0 Å². The maximum atomic E-state index is 13.1. The van der Waals surface area contributed by atoms with Crippen molar-refractivity contribution in [1.82, 2.24) is 4.90 Å². The Hall–Kier alpha value is -0.710. The van der Waals surface area contributed by atoms with Crippen LogP contribution in [-0.2, 0) is 4.79 Å². The van der Waals surface area contributed by atoms with Crippen molar-refractivity contribution >= 4 is 5.91 Å². The van der Waals surface area contributed by atoms with Crippen LogP contribution in [-0.4, -0.2) is 35.9 Å². The highest BCUT2D eigenvalue weighted by Crippen LogP contribution is 2.38. The Morgan fingerprint density at radius 3 is 2.50 bits per heavy atom. The standard InChI is InChI=1S/C13H22F2N2O/c1-9-4-7-17(11(9)8-16)12(18)10-2-5-13(14,15)6-3-10/h9-11H,2-8,16H2,1H3. The average Bonchev–Trinajstić information content (AvgIpc) is 2.69. The van der Waals surface area contributed by atoms with Crippen LogP contribution < -0.4 is 5.73 Å². The molecule has 2 atom stereocenters. The Bertz CT molecular complexity index is 312. The van der Waals surface area contributed by atoms with Crippen molar-refractivity contribution in [3.8, 4) is 0 Å². The molecular weight excluding hydrogens is 238 g/mol. The van der Waals surface area contributed by atoms with Crippen LogP contribution in [0.4, 0.5) is 8.78 Å². The third kappa shape index (κ3) is 2.66. The Labute approximate surface area is 107 Å². The van der Waals surface area contributed by atoms with E-state index in [4.69, 9.17) is 5.73 Å². The molecule has 104 valence electrons. The number of carbonyl (C=O) groups excluding carboxylic acids is 1. The first-order valence-corrected chi connectivity index (χ1v) is 6.83. The predicted molar refractivity (Wildman–Crippen MR) is 65.2 cm³/mol. The van der Waals surface area contributed by atoms with Crippen molar-refractivity contribution in [1.29, 1.82) is 0 Å². The number of halogens is 2. The van der Waals surface area contributed by atoms with Gasteiger partial charge < -0.3 is 10.6 Å². The number of amides is 1. The summed E-state index contributed by atoms with van der Waals surface area (Å²) in [6.07, 6.45) is 1.29. The molecule has 0 aromatic rings. The van der Waals surface area contributed by atoms with Gasteiger partial charge in [0.15, 0.2) is 0 Å². The lowest BCUT2D eigenvalue weighted by atomic mass is 9.85. The van der Waals surface area contributed by atoms with E-state index in [2.05, 4.69) is 6.92 Å². The zero-order valence-electron chi connectivity index (χ0n) is 10.9. The summed E-state index contributed by atoms with van der Waals surface area (Å²) in [4.78, 5) is 14.2. The van der Waals surface area contributed by atoms with Gasteiger partial charge in [-0.1, -0.05) is 6.92 Å². The van der Waals surface area contributed by atoms with Crippen LogP contribution in [0.25, 0.3) is 0 Å². The van der Waals surface area contributed by atoms with Gasteiger partial charge in [0, 0.05) is 37.9 Å². The second-order valence-electron chi connectivity index (χ2n) is 5.73. The number of hydrogen-bond acceptors (Lipinski definition) is 2. The molecule has 3 nitrogen and oxygen atoms in total. The number of alkyl halides is 2. The smallest absolute Gasteiger partial charge is 0.248 e. The van der Waals surface area contributed by atoms with Crippen molar-refractivity contribution in [2.75, 3.05) is 13.1 Å². The lowest BCUT2D eigenvalue weighted by Crippen LogP contribution is -2.46. The summed E-state index contributed by atoms with van der Waals surface area (Å²) in [6.45, 7) is 3.30. The molecular formula is C13H22F2N2O. The monoisotopic (exact) mass is 260 g/mol. The average molecular weight is 260 g/mol. The number of likely N-dealkylation sites (tertiary alicyclic amines) is 1. The van der Waals surface area contributed by atoms with E-state index >= 15 is 0 Å². The van der Waals surface area contributed by atoms with Crippen molar-refractivity contribution < 1.29 is 13.6 Å². The van der Waals surface area contributed by atoms with Crippen LogP contribution in [0.2, 0.25) is 0 Å². The van der Waals surface area contributed by atoms with E-state index in [1.54, 1.807) is 0 Å². The normalized spacial score (nSPS) is 32.8.